The van der Waals surface area contributed by atoms with Crippen molar-refractivity contribution in [1.82, 2.24) is 9.62 Å². The number of carboxylic acid groups (broad SMARTS) is 1. The Labute approximate surface area is 178 Å². The molecule has 0 aromatic heterocycles. The molecule has 0 atom stereocenters. The average molecular weight is 456 g/mol. The molecule has 0 radical (unpaired) electrons. The molecule has 1 amide bonds. The summed E-state index contributed by atoms with van der Waals surface area (Å²) in [4.78, 5) is 11.3. The van der Waals surface area contributed by atoms with E-state index in [9.17, 15) is 26.4 Å². The molecule has 3 rings (SSSR count). The summed E-state index contributed by atoms with van der Waals surface area (Å²) in [7, 11) is -4.47. The lowest BCUT2D eigenvalue weighted by molar-refractivity contribution is -0.139. The zero-order valence-electron chi connectivity index (χ0n) is 17.0. The van der Waals surface area contributed by atoms with Gasteiger partial charge in [-0.3, -0.25) is 0 Å². The normalized spacial score (nSPS) is 15.8. The third-order valence-electron chi connectivity index (χ3n) is 5.43. The highest BCUT2D eigenvalue weighted by molar-refractivity contribution is 7.89. The third kappa shape index (κ3) is 5.01. The smallest absolute Gasteiger partial charge is 0.417 e. The van der Waals surface area contributed by atoms with Crippen molar-refractivity contribution in [3.63, 3.8) is 0 Å². The largest absolute Gasteiger partial charge is 0.465 e. The van der Waals surface area contributed by atoms with Crippen LogP contribution in [0.2, 0.25) is 0 Å². The summed E-state index contributed by atoms with van der Waals surface area (Å²) in [6, 6.07) is 7.97. The van der Waals surface area contributed by atoms with Crippen LogP contribution in [-0.2, 0) is 16.2 Å². The SMILES string of the molecule is Cc1cccc(C)c1-c1ccc(S(=O)(=O)NC2CCN(C(=O)O)CC2)c(C(F)(F)F)c1. The number of likely N-dealkylation sites (tertiary alicyclic amines) is 1. The number of halogens is 3. The number of hydrogen-bond donors (Lipinski definition) is 2. The first-order valence-corrected chi connectivity index (χ1v) is 11.2. The van der Waals surface area contributed by atoms with Crippen molar-refractivity contribution in [2.45, 2.75) is 43.8 Å². The van der Waals surface area contributed by atoms with Crippen LogP contribution in [0.4, 0.5) is 18.0 Å². The van der Waals surface area contributed by atoms with Crippen LogP contribution in [0.15, 0.2) is 41.3 Å². The van der Waals surface area contributed by atoms with Crippen molar-refractivity contribution in [3.8, 4) is 11.1 Å². The molecule has 2 N–H and O–H groups in total. The molecule has 0 bridgehead atoms. The van der Waals surface area contributed by atoms with E-state index in [0.29, 0.717) is 5.56 Å². The van der Waals surface area contributed by atoms with Gasteiger partial charge in [-0.05, 0) is 61.1 Å². The van der Waals surface area contributed by atoms with Crippen LogP contribution in [0.3, 0.4) is 0 Å². The molecule has 10 heteroatoms. The number of sulfonamides is 1. The Kier molecular flexibility index (Phi) is 6.33. The van der Waals surface area contributed by atoms with Gasteiger partial charge in [-0.15, -0.1) is 0 Å². The molecule has 1 saturated heterocycles. The number of nitrogens with zero attached hydrogens (tertiary/aromatic N) is 1. The first kappa shape index (κ1) is 23.1. The Hall–Kier alpha value is -2.59. The summed E-state index contributed by atoms with van der Waals surface area (Å²) in [5.41, 5.74) is 1.25. The molecule has 1 aliphatic rings. The van der Waals surface area contributed by atoms with Crippen LogP contribution >= 0.6 is 0 Å². The highest BCUT2D eigenvalue weighted by Crippen LogP contribution is 2.38. The van der Waals surface area contributed by atoms with Gasteiger partial charge in [0.1, 0.15) is 0 Å². The number of amides is 1. The zero-order chi connectivity index (χ0) is 23.0. The first-order valence-electron chi connectivity index (χ1n) is 9.68. The summed E-state index contributed by atoms with van der Waals surface area (Å²) in [6.45, 7) is 3.79. The second-order valence-electron chi connectivity index (χ2n) is 7.64. The van der Waals surface area contributed by atoms with Crippen molar-refractivity contribution in [1.29, 1.82) is 0 Å². The summed E-state index contributed by atoms with van der Waals surface area (Å²) < 4.78 is 69.5. The van der Waals surface area contributed by atoms with Gasteiger partial charge >= 0.3 is 12.3 Å². The van der Waals surface area contributed by atoms with Gasteiger partial charge in [0.05, 0.1) is 10.5 Å². The number of alkyl halides is 3. The fourth-order valence-electron chi connectivity index (χ4n) is 3.88. The Balaban J connectivity index is 1.96. The number of nitrogens with one attached hydrogen (secondary N) is 1. The topological polar surface area (TPSA) is 86.7 Å². The van der Waals surface area contributed by atoms with Gasteiger partial charge < -0.3 is 10.0 Å². The average Bonchev–Trinajstić information content (AvgIpc) is 2.67. The van der Waals surface area contributed by atoms with Gasteiger partial charge in [0, 0.05) is 19.1 Å². The lowest BCUT2D eigenvalue weighted by Crippen LogP contribution is -2.46. The fourth-order valence-corrected chi connectivity index (χ4v) is 5.40. The molecule has 6 nitrogen and oxygen atoms in total. The minimum atomic E-state index is -4.87. The molecule has 0 spiro atoms. The van der Waals surface area contributed by atoms with Crippen LogP contribution in [0.5, 0.6) is 0 Å². The van der Waals surface area contributed by atoms with Crippen molar-refractivity contribution >= 4 is 16.1 Å². The Bertz CT molecular complexity index is 1070. The monoisotopic (exact) mass is 456 g/mol. The second kappa shape index (κ2) is 8.51. The van der Waals surface area contributed by atoms with Crippen LogP contribution in [-0.4, -0.2) is 43.6 Å². The molecule has 31 heavy (non-hydrogen) atoms. The molecule has 1 fully saturated rings. The van der Waals surface area contributed by atoms with E-state index in [2.05, 4.69) is 4.72 Å². The maximum absolute atomic E-state index is 13.8. The maximum atomic E-state index is 13.8. The minimum absolute atomic E-state index is 0.111. The van der Waals surface area contributed by atoms with E-state index in [1.54, 1.807) is 32.0 Å². The summed E-state index contributed by atoms with van der Waals surface area (Å²) in [6.07, 6.45) is -5.60. The van der Waals surface area contributed by atoms with Crippen LogP contribution in [0.25, 0.3) is 11.1 Å². The molecule has 0 saturated carbocycles. The van der Waals surface area contributed by atoms with Crippen molar-refractivity contribution in [2.75, 3.05) is 13.1 Å². The Morgan fingerprint density at radius 1 is 1.10 bits per heavy atom. The number of aryl methyl sites for hydroxylation is 2. The lowest BCUT2D eigenvalue weighted by atomic mass is 9.94. The van der Waals surface area contributed by atoms with Crippen LogP contribution < -0.4 is 4.72 Å². The molecule has 2 aromatic carbocycles. The predicted octanol–water partition coefficient (Wildman–Crippen LogP) is 4.41. The van der Waals surface area contributed by atoms with E-state index >= 15 is 0 Å². The van der Waals surface area contributed by atoms with Crippen molar-refractivity contribution < 1.29 is 31.5 Å². The first-order chi connectivity index (χ1) is 14.4. The quantitative estimate of drug-likeness (QED) is 0.714. The predicted molar refractivity (Wildman–Crippen MR) is 109 cm³/mol. The molecule has 2 aromatic rings. The number of piperidine rings is 1. The maximum Gasteiger partial charge on any atom is 0.417 e. The standard InChI is InChI=1S/C21H23F3N2O4S/c1-13-4-3-5-14(2)19(13)15-6-7-18(17(12-15)21(22,23)24)31(29,30)25-16-8-10-26(11-9-16)20(27)28/h3-7,12,16,25H,8-11H2,1-2H3,(H,27,28). The van der Waals surface area contributed by atoms with E-state index in [-0.39, 0.29) is 31.5 Å². The Morgan fingerprint density at radius 3 is 2.19 bits per heavy atom. The van der Waals surface area contributed by atoms with Gasteiger partial charge in [0.25, 0.3) is 0 Å². The molecule has 168 valence electrons. The molecular formula is C21H23F3N2O4S. The van der Waals surface area contributed by atoms with Gasteiger partial charge in [0.2, 0.25) is 10.0 Å². The highest BCUT2D eigenvalue weighted by Gasteiger charge is 2.38. The van der Waals surface area contributed by atoms with Crippen LogP contribution in [0.1, 0.15) is 29.5 Å². The van der Waals surface area contributed by atoms with Gasteiger partial charge in [-0.25, -0.2) is 17.9 Å². The van der Waals surface area contributed by atoms with Crippen molar-refractivity contribution in [2.24, 2.45) is 0 Å². The number of hydrogen-bond acceptors (Lipinski definition) is 3. The fraction of sp³-hybridized carbons (Fsp3) is 0.381. The van der Waals surface area contributed by atoms with Gasteiger partial charge in [-0.1, -0.05) is 24.3 Å². The van der Waals surface area contributed by atoms with E-state index < -0.39 is 38.8 Å². The minimum Gasteiger partial charge on any atom is -0.465 e. The van der Waals surface area contributed by atoms with Gasteiger partial charge in [-0.2, -0.15) is 13.2 Å². The van der Waals surface area contributed by atoms with E-state index in [0.717, 1.165) is 28.2 Å². The molecule has 1 aliphatic heterocycles. The lowest BCUT2D eigenvalue weighted by Gasteiger charge is -2.30. The van der Waals surface area contributed by atoms with E-state index in [1.165, 1.54) is 6.07 Å². The molecule has 0 unspecified atom stereocenters. The van der Waals surface area contributed by atoms with Crippen LogP contribution in [0, 0.1) is 13.8 Å². The summed E-state index contributed by atoms with van der Waals surface area (Å²) in [5, 5.41) is 8.98. The number of rotatable bonds is 4. The van der Waals surface area contributed by atoms with Gasteiger partial charge in [0.15, 0.2) is 0 Å². The Morgan fingerprint density at radius 2 is 1.68 bits per heavy atom. The van der Waals surface area contributed by atoms with E-state index in [4.69, 9.17) is 5.11 Å². The van der Waals surface area contributed by atoms with E-state index in [1.807, 2.05) is 0 Å². The highest BCUT2D eigenvalue weighted by atomic mass is 32.2. The summed E-state index contributed by atoms with van der Waals surface area (Å²) >= 11 is 0. The molecule has 0 aliphatic carbocycles. The van der Waals surface area contributed by atoms with Crippen molar-refractivity contribution in [3.05, 3.63) is 53.1 Å². The number of benzene rings is 2. The third-order valence-corrected chi connectivity index (χ3v) is 7.01. The molecule has 1 heterocycles. The number of carbonyl (C=O) groups is 1. The summed E-state index contributed by atoms with van der Waals surface area (Å²) in [5.74, 6) is 0. The molecular weight excluding hydrogens is 433 g/mol. The second-order valence-corrected chi connectivity index (χ2v) is 9.32. The zero-order valence-corrected chi connectivity index (χ0v) is 17.8.